The number of halogens is 1. The lowest BCUT2D eigenvalue weighted by atomic mass is 10.1. The maximum Gasteiger partial charge on any atom is 0.250 e. The highest BCUT2D eigenvalue weighted by Crippen LogP contribution is 2.30. The summed E-state index contributed by atoms with van der Waals surface area (Å²) in [7, 11) is -3.51. The Bertz CT molecular complexity index is 478. The Morgan fingerprint density at radius 1 is 1.50 bits per heavy atom. The summed E-state index contributed by atoms with van der Waals surface area (Å²) in [5.74, 6) is 0.384. The van der Waals surface area contributed by atoms with Gasteiger partial charge in [0.2, 0.25) is 10.0 Å². The fourth-order valence-electron chi connectivity index (χ4n) is 1.60. The second-order valence-corrected chi connectivity index (χ2v) is 8.30. The molecule has 0 bridgehead atoms. The molecule has 1 atom stereocenters. The Hall–Kier alpha value is -0.140. The molecule has 18 heavy (non-hydrogen) atoms. The molecular weight excluding hydrogens is 292 g/mol. The van der Waals surface area contributed by atoms with Crippen molar-refractivity contribution in [3.8, 4) is 0 Å². The minimum absolute atomic E-state index is 0.240. The largest absolute Gasteiger partial charge is 0.329 e. The van der Waals surface area contributed by atoms with Crippen molar-refractivity contribution in [1.29, 1.82) is 0 Å². The van der Waals surface area contributed by atoms with Gasteiger partial charge in [-0.05, 0) is 30.9 Å². The monoisotopic (exact) mass is 310 g/mol. The van der Waals surface area contributed by atoms with Gasteiger partial charge in [0.25, 0.3) is 0 Å². The van der Waals surface area contributed by atoms with Gasteiger partial charge in [0.05, 0.1) is 4.34 Å². The van der Waals surface area contributed by atoms with Crippen molar-refractivity contribution >= 4 is 33.0 Å². The number of aryl methyl sites for hydroxylation is 1. The molecule has 0 aliphatic carbocycles. The quantitative estimate of drug-likeness (QED) is 0.847. The van der Waals surface area contributed by atoms with E-state index >= 15 is 0 Å². The third-order valence-electron chi connectivity index (χ3n) is 2.46. The van der Waals surface area contributed by atoms with Gasteiger partial charge in [-0.2, -0.15) is 0 Å². The lowest BCUT2D eigenvalue weighted by molar-refractivity contribution is 0.465. The molecule has 4 nitrogen and oxygen atoms in total. The summed E-state index contributed by atoms with van der Waals surface area (Å²) in [4.78, 5) is 0. The molecule has 104 valence electrons. The summed E-state index contributed by atoms with van der Waals surface area (Å²) < 4.78 is 27.6. The van der Waals surface area contributed by atoms with E-state index in [1.165, 1.54) is 0 Å². The summed E-state index contributed by atoms with van der Waals surface area (Å²) in [5.41, 5.74) is 6.37. The zero-order valence-corrected chi connectivity index (χ0v) is 13.1. The minimum atomic E-state index is -3.51. The molecule has 0 aliphatic rings. The fraction of sp³-hybridized carbons (Fsp3) is 0.636. The summed E-state index contributed by atoms with van der Waals surface area (Å²) in [5, 5.41) is 0. The number of thiophene rings is 1. The lowest BCUT2D eigenvalue weighted by Gasteiger charge is -2.18. The summed E-state index contributed by atoms with van der Waals surface area (Å²) in [6.45, 7) is 6.13. The zero-order chi connectivity index (χ0) is 13.9. The molecular formula is C11H19ClN2O2S2. The van der Waals surface area contributed by atoms with Gasteiger partial charge < -0.3 is 5.73 Å². The maximum atomic E-state index is 12.1. The number of sulfonamides is 1. The van der Waals surface area contributed by atoms with E-state index in [-0.39, 0.29) is 16.8 Å². The van der Waals surface area contributed by atoms with Gasteiger partial charge in [0.1, 0.15) is 4.21 Å². The predicted molar refractivity (Wildman–Crippen MR) is 76.7 cm³/mol. The molecule has 1 heterocycles. The van der Waals surface area contributed by atoms with Crippen LogP contribution in [0.25, 0.3) is 0 Å². The van der Waals surface area contributed by atoms with Crippen molar-refractivity contribution in [2.24, 2.45) is 11.7 Å². The second-order valence-electron chi connectivity index (χ2n) is 4.71. The van der Waals surface area contributed by atoms with E-state index in [9.17, 15) is 8.42 Å². The second kappa shape index (κ2) is 6.34. The molecule has 0 aromatic carbocycles. The Labute approximate surface area is 118 Å². The first-order chi connectivity index (χ1) is 8.26. The van der Waals surface area contributed by atoms with Gasteiger partial charge >= 0.3 is 0 Å². The van der Waals surface area contributed by atoms with Crippen LogP contribution in [0, 0.1) is 12.8 Å². The fourth-order valence-corrected chi connectivity index (χ4v) is 4.59. The van der Waals surface area contributed by atoms with Crippen molar-refractivity contribution in [2.75, 3.05) is 6.54 Å². The SMILES string of the molecule is Cc1cc(S(=O)(=O)NC(CN)CC(C)C)sc1Cl. The third kappa shape index (κ3) is 4.20. The van der Waals surface area contributed by atoms with Gasteiger partial charge in [-0.1, -0.05) is 25.4 Å². The highest BCUT2D eigenvalue weighted by Gasteiger charge is 2.22. The molecule has 1 aromatic heterocycles. The van der Waals surface area contributed by atoms with Crippen LogP contribution in [0.3, 0.4) is 0 Å². The van der Waals surface area contributed by atoms with Crippen LogP contribution < -0.4 is 10.5 Å². The lowest BCUT2D eigenvalue weighted by Crippen LogP contribution is -2.40. The molecule has 0 fully saturated rings. The Morgan fingerprint density at radius 2 is 2.11 bits per heavy atom. The van der Waals surface area contributed by atoms with Crippen molar-refractivity contribution < 1.29 is 8.42 Å². The van der Waals surface area contributed by atoms with Crippen molar-refractivity contribution in [1.82, 2.24) is 4.72 Å². The maximum absolute atomic E-state index is 12.1. The molecule has 0 saturated heterocycles. The highest BCUT2D eigenvalue weighted by atomic mass is 35.5. The van der Waals surface area contributed by atoms with Crippen LogP contribution in [-0.2, 0) is 10.0 Å². The molecule has 0 spiro atoms. The summed E-state index contributed by atoms with van der Waals surface area (Å²) >= 11 is 6.96. The van der Waals surface area contributed by atoms with Crippen LogP contribution in [-0.4, -0.2) is 21.0 Å². The molecule has 3 N–H and O–H groups in total. The van der Waals surface area contributed by atoms with E-state index < -0.39 is 10.0 Å². The molecule has 0 radical (unpaired) electrons. The van der Waals surface area contributed by atoms with Crippen molar-refractivity contribution in [2.45, 2.75) is 37.4 Å². The van der Waals surface area contributed by atoms with Crippen LogP contribution in [0.4, 0.5) is 0 Å². The third-order valence-corrected chi connectivity index (χ3v) is 6.01. The number of nitrogens with two attached hydrogens (primary N) is 1. The highest BCUT2D eigenvalue weighted by molar-refractivity contribution is 7.91. The van der Waals surface area contributed by atoms with Gasteiger partial charge in [-0.25, -0.2) is 13.1 Å². The minimum Gasteiger partial charge on any atom is -0.329 e. The average Bonchev–Trinajstić information content (AvgIpc) is 2.58. The summed E-state index contributed by atoms with van der Waals surface area (Å²) in [6.07, 6.45) is 0.716. The Morgan fingerprint density at radius 3 is 2.50 bits per heavy atom. The number of hydrogen-bond acceptors (Lipinski definition) is 4. The van der Waals surface area contributed by atoms with Crippen LogP contribution >= 0.6 is 22.9 Å². The van der Waals surface area contributed by atoms with Crippen LogP contribution in [0.1, 0.15) is 25.8 Å². The van der Waals surface area contributed by atoms with Crippen molar-refractivity contribution in [3.63, 3.8) is 0 Å². The van der Waals surface area contributed by atoms with E-state index in [4.69, 9.17) is 17.3 Å². The molecule has 1 unspecified atom stereocenters. The average molecular weight is 311 g/mol. The number of nitrogens with one attached hydrogen (secondary N) is 1. The first-order valence-corrected chi connectivity index (χ1v) is 8.42. The van der Waals surface area contributed by atoms with Crippen molar-refractivity contribution in [3.05, 3.63) is 16.0 Å². The summed E-state index contributed by atoms with van der Waals surface area (Å²) in [6, 6.07) is 1.34. The Kier molecular flexibility index (Phi) is 5.61. The van der Waals surface area contributed by atoms with Gasteiger partial charge in [-0.3, -0.25) is 0 Å². The standard InChI is InChI=1S/C11H19ClN2O2S2/c1-7(2)4-9(6-13)14-18(15,16)10-5-8(3)11(12)17-10/h5,7,9,14H,4,6,13H2,1-3H3. The number of hydrogen-bond donors (Lipinski definition) is 2. The molecule has 0 saturated carbocycles. The van der Waals surface area contributed by atoms with Crippen LogP contribution in [0.2, 0.25) is 4.34 Å². The first-order valence-electron chi connectivity index (χ1n) is 5.74. The van der Waals surface area contributed by atoms with Crippen LogP contribution in [0.15, 0.2) is 10.3 Å². The normalized spacial score (nSPS) is 14.1. The van der Waals surface area contributed by atoms with Gasteiger partial charge in [0, 0.05) is 12.6 Å². The number of rotatable bonds is 6. The molecule has 1 rings (SSSR count). The Balaban J connectivity index is 2.87. The van der Waals surface area contributed by atoms with E-state index in [0.29, 0.717) is 16.7 Å². The molecule has 0 aliphatic heterocycles. The topological polar surface area (TPSA) is 72.2 Å². The van der Waals surface area contributed by atoms with Gasteiger partial charge in [0.15, 0.2) is 0 Å². The predicted octanol–water partition coefficient (Wildman–Crippen LogP) is 2.36. The van der Waals surface area contributed by atoms with Crippen LogP contribution in [0.5, 0.6) is 0 Å². The smallest absolute Gasteiger partial charge is 0.250 e. The molecule has 1 aromatic rings. The van der Waals surface area contributed by atoms with E-state index in [1.54, 1.807) is 13.0 Å². The zero-order valence-electron chi connectivity index (χ0n) is 10.7. The molecule has 0 amide bonds. The van der Waals surface area contributed by atoms with Gasteiger partial charge in [-0.15, -0.1) is 11.3 Å². The van der Waals surface area contributed by atoms with E-state index in [1.807, 2.05) is 13.8 Å². The van der Waals surface area contributed by atoms with E-state index in [2.05, 4.69) is 4.72 Å². The first kappa shape index (κ1) is 15.9. The van der Waals surface area contributed by atoms with E-state index in [0.717, 1.165) is 16.9 Å². The molecule has 7 heteroatoms.